The average Bonchev–Trinajstić information content (AvgIpc) is 3.14. The first kappa shape index (κ1) is 16.1. The minimum absolute atomic E-state index is 0.118. The molecule has 1 aromatic heterocycles. The molecule has 1 atom stereocenters. The summed E-state index contributed by atoms with van der Waals surface area (Å²) in [4.78, 5) is 16.8. The van der Waals surface area contributed by atoms with Gasteiger partial charge in [-0.05, 0) is 43.8 Å². The Morgan fingerprint density at radius 1 is 1.30 bits per heavy atom. The third-order valence-electron chi connectivity index (χ3n) is 4.37. The van der Waals surface area contributed by atoms with Crippen molar-refractivity contribution in [1.82, 2.24) is 15.6 Å². The molecule has 0 radical (unpaired) electrons. The Balaban J connectivity index is 1.61. The molecule has 0 saturated carbocycles. The van der Waals surface area contributed by atoms with E-state index in [1.54, 1.807) is 17.5 Å². The Morgan fingerprint density at radius 2 is 2.09 bits per heavy atom. The zero-order valence-electron chi connectivity index (χ0n) is 13.2. The van der Waals surface area contributed by atoms with Gasteiger partial charge in [0.15, 0.2) is 0 Å². The summed E-state index contributed by atoms with van der Waals surface area (Å²) in [5.41, 5.74) is 1.08. The Labute approximate surface area is 141 Å². The van der Waals surface area contributed by atoms with Crippen LogP contribution in [0.1, 0.15) is 42.3 Å². The summed E-state index contributed by atoms with van der Waals surface area (Å²) in [5, 5.41) is 9.42. The van der Waals surface area contributed by atoms with Gasteiger partial charge in [0.2, 0.25) is 5.91 Å². The van der Waals surface area contributed by atoms with E-state index in [0.717, 1.165) is 30.1 Å². The first-order chi connectivity index (χ1) is 11.3. The summed E-state index contributed by atoms with van der Waals surface area (Å²) >= 11 is 1.58. The van der Waals surface area contributed by atoms with Gasteiger partial charge in [0, 0.05) is 18.0 Å². The number of amides is 1. The fourth-order valence-corrected chi connectivity index (χ4v) is 3.76. The molecule has 2 aromatic rings. The third kappa shape index (κ3) is 4.62. The molecule has 2 heterocycles. The Hall–Kier alpha value is -1.72. The van der Waals surface area contributed by atoms with E-state index in [9.17, 15) is 4.79 Å². The van der Waals surface area contributed by atoms with Gasteiger partial charge in [-0.2, -0.15) is 0 Å². The van der Waals surface area contributed by atoms with Gasteiger partial charge in [0.25, 0.3) is 0 Å². The van der Waals surface area contributed by atoms with Gasteiger partial charge in [0.05, 0.1) is 0 Å². The number of hydrogen-bond acceptors (Lipinski definition) is 4. The number of hydrogen-bond donors (Lipinski definition) is 2. The second kappa shape index (κ2) is 8.22. The molecule has 3 rings (SSSR count). The van der Waals surface area contributed by atoms with Crippen molar-refractivity contribution in [2.45, 2.75) is 31.7 Å². The summed E-state index contributed by atoms with van der Waals surface area (Å²) < 4.78 is 0. The van der Waals surface area contributed by atoms with Gasteiger partial charge in [0.1, 0.15) is 11.0 Å². The van der Waals surface area contributed by atoms with E-state index < -0.39 is 0 Å². The van der Waals surface area contributed by atoms with E-state index >= 15 is 0 Å². The number of rotatable bonds is 6. The van der Waals surface area contributed by atoms with Crippen LogP contribution in [0.4, 0.5) is 0 Å². The quantitative estimate of drug-likeness (QED) is 0.856. The topological polar surface area (TPSA) is 54.0 Å². The highest BCUT2D eigenvalue weighted by Crippen LogP contribution is 2.24. The highest BCUT2D eigenvalue weighted by Gasteiger charge is 2.20. The van der Waals surface area contributed by atoms with Crippen molar-refractivity contribution < 1.29 is 4.79 Å². The average molecular weight is 329 g/mol. The van der Waals surface area contributed by atoms with E-state index in [0.29, 0.717) is 12.3 Å². The van der Waals surface area contributed by atoms with Crippen molar-refractivity contribution >= 4 is 17.2 Å². The first-order valence-corrected chi connectivity index (χ1v) is 9.15. The SMILES string of the molecule is O=C(CCC1CCNCC1)NC(c1ccccc1)c1nccs1. The molecular formula is C18H23N3OS. The maximum atomic E-state index is 12.4. The highest BCUT2D eigenvalue weighted by atomic mass is 32.1. The van der Waals surface area contributed by atoms with Crippen LogP contribution in [0, 0.1) is 5.92 Å². The molecule has 1 aromatic carbocycles. The molecule has 0 spiro atoms. The number of nitrogens with one attached hydrogen (secondary N) is 2. The van der Waals surface area contributed by atoms with Crippen molar-refractivity contribution in [3.63, 3.8) is 0 Å². The number of thiazole rings is 1. The van der Waals surface area contributed by atoms with Crippen LogP contribution in [-0.4, -0.2) is 24.0 Å². The van der Waals surface area contributed by atoms with Crippen molar-refractivity contribution in [3.05, 3.63) is 52.5 Å². The van der Waals surface area contributed by atoms with Crippen molar-refractivity contribution in [2.75, 3.05) is 13.1 Å². The number of nitrogens with zero attached hydrogens (tertiary/aromatic N) is 1. The van der Waals surface area contributed by atoms with Gasteiger partial charge >= 0.3 is 0 Å². The summed E-state index contributed by atoms with van der Waals surface area (Å²) in [6, 6.07) is 9.92. The van der Waals surface area contributed by atoms with Gasteiger partial charge in [-0.25, -0.2) is 4.98 Å². The predicted molar refractivity (Wildman–Crippen MR) is 93.4 cm³/mol. The van der Waals surface area contributed by atoms with Crippen LogP contribution in [0.25, 0.3) is 0 Å². The molecule has 0 aliphatic carbocycles. The monoisotopic (exact) mass is 329 g/mol. The van der Waals surface area contributed by atoms with Crippen molar-refractivity contribution in [1.29, 1.82) is 0 Å². The van der Waals surface area contributed by atoms with E-state index in [1.807, 2.05) is 35.7 Å². The van der Waals surface area contributed by atoms with Crippen LogP contribution in [0.15, 0.2) is 41.9 Å². The standard InChI is InChI=1S/C18H23N3OS/c22-16(7-6-14-8-10-19-11-9-14)21-17(18-20-12-13-23-18)15-4-2-1-3-5-15/h1-5,12-14,17,19H,6-11H2,(H,21,22). The van der Waals surface area contributed by atoms with E-state index in [4.69, 9.17) is 0 Å². The number of piperidine rings is 1. The molecule has 2 N–H and O–H groups in total. The molecule has 1 fully saturated rings. The maximum Gasteiger partial charge on any atom is 0.220 e. The highest BCUT2D eigenvalue weighted by molar-refractivity contribution is 7.09. The molecule has 122 valence electrons. The van der Waals surface area contributed by atoms with E-state index in [2.05, 4.69) is 15.6 Å². The summed E-state index contributed by atoms with van der Waals surface area (Å²) in [6.07, 6.45) is 5.73. The maximum absolute atomic E-state index is 12.4. The lowest BCUT2D eigenvalue weighted by atomic mass is 9.93. The lowest BCUT2D eigenvalue weighted by Gasteiger charge is -2.23. The predicted octanol–water partition coefficient (Wildman–Crippen LogP) is 3.13. The molecule has 23 heavy (non-hydrogen) atoms. The zero-order valence-corrected chi connectivity index (χ0v) is 14.0. The van der Waals surface area contributed by atoms with Crippen LogP contribution in [-0.2, 0) is 4.79 Å². The van der Waals surface area contributed by atoms with Crippen molar-refractivity contribution in [3.8, 4) is 0 Å². The summed E-state index contributed by atoms with van der Waals surface area (Å²) in [5.74, 6) is 0.796. The minimum atomic E-state index is -0.142. The molecule has 1 unspecified atom stereocenters. The second-order valence-electron chi connectivity index (χ2n) is 6.01. The van der Waals surface area contributed by atoms with E-state index in [-0.39, 0.29) is 11.9 Å². The zero-order chi connectivity index (χ0) is 15.9. The normalized spacial score (nSPS) is 16.9. The summed E-state index contributed by atoms with van der Waals surface area (Å²) in [7, 11) is 0. The smallest absolute Gasteiger partial charge is 0.220 e. The lowest BCUT2D eigenvalue weighted by molar-refractivity contribution is -0.121. The molecule has 1 amide bonds. The van der Waals surface area contributed by atoms with Gasteiger partial charge in [-0.15, -0.1) is 11.3 Å². The third-order valence-corrected chi connectivity index (χ3v) is 5.22. The van der Waals surface area contributed by atoms with Crippen LogP contribution >= 0.6 is 11.3 Å². The molecular weight excluding hydrogens is 306 g/mol. The Morgan fingerprint density at radius 3 is 2.78 bits per heavy atom. The Bertz CT molecular complexity index is 594. The molecule has 1 aliphatic rings. The number of carbonyl (C=O) groups is 1. The molecule has 0 bridgehead atoms. The molecule has 1 saturated heterocycles. The summed E-state index contributed by atoms with van der Waals surface area (Å²) in [6.45, 7) is 2.16. The number of benzene rings is 1. The molecule has 4 nitrogen and oxygen atoms in total. The van der Waals surface area contributed by atoms with Gasteiger partial charge in [-0.3, -0.25) is 4.79 Å². The van der Waals surface area contributed by atoms with Crippen LogP contribution in [0.5, 0.6) is 0 Å². The number of aromatic nitrogens is 1. The van der Waals surface area contributed by atoms with Crippen LogP contribution < -0.4 is 10.6 Å². The Kier molecular flexibility index (Phi) is 5.77. The van der Waals surface area contributed by atoms with Crippen molar-refractivity contribution in [2.24, 2.45) is 5.92 Å². The lowest BCUT2D eigenvalue weighted by Crippen LogP contribution is -2.31. The van der Waals surface area contributed by atoms with Crippen LogP contribution in [0.3, 0.4) is 0 Å². The minimum Gasteiger partial charge on any atom is -0.343 e. The fourth-order valence-electron chi connectivity index (χ4n) is 3.05. The van der Waals surface area contributed by atoms with E-state index in [1.165, 1.54) is 12.8 Å². The number of carbonyl (C=O) groups excluding carboxylic acids is 1. The molecule has 5 heteroatoms. The van der Waals surface area contributed by atoms with Crippen LogP contribution in [0.2, 0.25) is 0 Å². The largest absolute Gasteiger partial charge is 0.343 e. The van der Waals surface area contributed by atoms with Gasteiger partial charge < -0.3 is 10.6 Å². The fraction of sp³-hybridized carbons (Fsp3) is 0.444. The second-order valence-corrected chi connectivity index (χ2v) is 6.94. The molecule has 1 aliphatic heterocycles. The first-order valence-electron chi connectivity index (χ1n) is 8.27. The van der Waals surface area contributed by atoms with Gasteiger partial charge in [-0.1, -0.05) is 30.3 Å².